The van der Waals surface area contributed by atoms with Crippen LogP contribution in [0.3, 0.4) is 0 Å². The van der Waals surface area contributed by atoms with Gasteiger partial charge in [-0.05, 0) is 55.7 Å². The third kappa shape index (κ3) is 4.60. The van der Waals surface area contributed by atoms with E-state index in [9.17, 15) is 0 Å². The van der Waals surface area contributed by atoms with Gasteiger partial charge in [0.25, 0.3) is 0 Å². The predicted octanol–water partition coefficient (Wildman–Crippen LogP) is 4.11. The van der Waals surface area contributed by atoms with Gasteiger partial charge in [-0.15, -0.1) is 0 Å². The van der Waals surface area contributed by atoms with Crippen molar-refractivity contribution >= 4 is 0 Å². The zero-order valence-corrected chi connectivity index (χ0v) is 15.2. The molecule has 3 rings (SSSR count). The molecule has 4 heteroatoms. The number of benzene rings is 2. The molecule has 25 heavy (non-hydrogen) atoms. The fourth-order valence-electron chi connectivity index (χ4n) is 3.34. The highest BCUT2D eigenvalue weighted by atomic mass is 16.5. The van der Waals surface area contributed by atoms with Gasteiger partial charge < -0.3 is 15.2 Å². The zero-order valence-electron chi connectivity index (χ0n) is 15.2. The van der Waals surface area contributed by atoms with Crippen molar-refractivity contribution in [1.29, 1.82) is 0 Å². The maximum absolute atomic E-state index is 6.08. The molecular weight excluding hydrogens is 312 g/mol. The number of hydrogen-bond donors (Lipinski definition) is 1. The van der Waals surface area contributed by atoms with Gasteiger partial charge >= 0.3 is 0 Å². The maximum Gasteiger partial charge on any atom is 0.127 e. The molecule has 2 aromatic carbocycles. The Morgan fingerprint density at radius 3 is 2.64 bits per heavy atom. The van der Waals surface area contributed by atoms with Gasteiger partial charge in [-0.25, -0.2) is 0 Å². The second kappa shape index (κ2) is 8.48. The monoisotopic (exact) mass is 340 g/mol. The van der Waals surface area contributed by atoms with Crippen molar-refractivity contribution in [2.45, 2.75) is 39.0 Å². The van der Waals surface area contributed by atoms with E-state index in [1.165, 1.54) is 11.1 Å². The summed E-state index contributed by atoms with van der Waals surface area (Å²) in [4.78, 5) is 2.45. The van der Waals surface area contributed by atoms with Gasteiger partial charge in [0.2, 0.25) is 0 Å². The molecule has 0 saturated heterocycles. The van der Waals surface area contributed by atoms with E-state index in [0.29, 0.717) is 12.6 Å². The van der Waals surface area contributed by atoms with E-state index >= 15 is 0 Å². The minimum Gasteiger partial charge on any atom is -0.457 e. The second-order valence-corrected chi connectivity index (χ2v) is 6.77. The number of para-hydroxylation sites is 1. The van der Waals surface area contributed by atoms with E-state index < -0.39 is 0 Å². The summed E-state index contributed by atoms with van der Waals surface area (Å²) >= 11 is 0. The lowest BCUT2D eigenvalue weighted by Crippen LogP contribution is -2.29. The van der Waals surface area contributed by atoms with Crippen LogP contribution in [0.2, 0.25) is 0 Å². The van der Waals surface area contributed by atoms with Crippen LogP contribution in [0.1, 0.15) is 37.4 Å². The first-order chi connectivity index (χ1) is 12.2. The molecule has 0 aromatic heterocycles. The van der Waals surface area contributed by atoms with Gasteiger partial charge in [-0.1, -0.05) is 24.3 Å². The summed E-state index contributed by atoms with van der Waals surface area (Å²) in [5, 5.41) is 0. The van der Waals surface area contributed by atoms with Crippen LogP contribution >= 0.6 is 0 Å². The van der Waals surface area contributed by atoms with Crippen LogP contribution in [-0.2, 0) is 11.3 Å². The Morgan fingerprint density at radius 1 is 1.12 bits per heavy atom. The molecule has 0 aliphatic carbocycles. The number of nitrogens with two attached hydrogens (primary N) is 1. The van der Waals surface area contributed by atoms with E-state index in [0.717, 1.165) is 37.6 Å². The number of ether oxygens (including phenoxy) is 2. The van der Waals surface area contributed by atoms with E-state index in [-0.39, 0.29) is 6.04 Å². The maximum atomic E-state index is 6.08. The van der Waals surface area contributed by atoms with Gasteiger partial charge in [0.15, 0.2) is 0 Å². The van der Waals surface area contributed by atoms with Crippen molar-refractivity contribution in [2.75, 3.05) is 19.7 Å². The Hall–Kier alpha value is -1.88. The standard InChI is InChI=1S/C21H28N2O2/c1-16(2)24-12-6-11-23-15-17-9-10-19(13-20(17)21(23)14-22)25-18-7-4-3-5-8-18/h3-5,7-10,13,16,21H,6,11-12,14-15,22H2,1-2H3. The van der Waals surface area contributed by atoms with Crippen LogP contribution in [0.25, 0.3) is 0 Å². The molecule has 0 bridgehead atoms. The lowest BCUT2D eigenvalue weighted by atomic mass is 10.0. The first-order valence-electron chi connectivity index (χ1n) is 9.09. The van der Waals surface area contributed by atoms with Crippen LogP contribution in [0.4, 0.5) is 0 Å². The molecule has 0 spiro atoms. The van der Waals surface area contributed by atoms with E-state index in [2.05, 4.69) is 30.9 Å². The highest BCUT2D eigenvalue weighted by Crippen LogP contribution is 2.36. The Labute approximate surface area is 150 Å². The van der Waals surface area contributed by atoms with Crippen molar-refractivity contribution in [3.8, 4) is 11.5 Å². The van der Waals surface area contributed by atoms with Crippen molar-refractivity contribution in [3.05, 3.63) is 59.7 Å². The van der Waals surface area contributed by atoms with Crippen LogP contribution in [0.5, 0.6) is 11.5 Å². The van der Waals surface area contributed by atoms with Crippen molar-refractivity contribution < 1.29 is 9.47 Å². The van der Waals surface area contributed by atoms with Gasteiger partial charge in [0, 0.05) is 32.3 Å². The summed E-state index contributed by atoms with van der Waals surface area (Å²) in [5.74, 6) is 1.72. The molecule has 0 fully saturated rings. The van der Waals surface area contributed by atoms with E-state index in [1.807, 2.05) is 36.4 Å². The lowest BCUT2D eigenvalue weighted by molar-refractivity contribution is 0.0675. The SMILES string of the molecule is CC(C)OCCCN1Cc2ccc(Oc3ccccc3)cc2C1CN. The van der Waals surface area contributed by atoms with Gasteiger partial charge in [-0.2, -0.15) is 0 Å². The van der Waals surface area contributed by atoms with E-state index in [4.69, 9.17) is 15.2 Å². The highest BCUT2D eigenvalue weighted by Gasteiger charge is 2.29. The molecule has 1 atom stereocenters. The van der Waals surface area contributed by atoms with Gasteiger partial charge in [0.1, 0.15) is 11.5 Å². The van der Waals surface area contributed by atoms with Crippen LogP contribution in [0, 0.1) is 0 Å². The molecule has 1 aliphatic heterocycles. The van der Waals surface area contributed by atoms with Crippen molar-refractivity contribution in [3.63, 3.8) is 0 Å². The Bertz CT molecular complexity index is 673. The number of hydrogen-bond acceptors (Lipinski definition) is 4. The minimum atomic E-state index is 0.258. The molecule has 2 aromatic rings. The summed E-state index contributed by atoms with van der Waals surface area (Å²) in [6, 6.07) is 16.5. The first-order valence-corrected chi connectivity index (χ1v) is 9.09. The van der Waals surface area contributed by atoms with Crippen LogP contribution in [0.15, 0.2) is 48.5 Å². The summed E-state index contributed by atoms with van der Waals surface area (Å²) in [6.45, 7) is 7.50. The third-order valence-electron chi connectivity index (χ3n) is 4.53. The fourth-order valence-corrected chi connectivity index (χ4v) is 3.34. The molecule has 0 saturated carbocycles. The molecule has 0 radical (unpaired) electrons. The van der Waals surface area contributed by atoms with Crippen molar-refractivity contribution in [1.82, 2.24) is 4.90 Å². The minimum absolute atomic E-state index is 0.258. The number of nitrogens with zero attached hydrogens (tertiary/aromatic N) is 1. The normalized spacial score (nSPS) is 17.0. The average molecular weight is 340 g/mol. The predicted molar refractivity (Wildman–Crippen MR) is 101 cm³/mol. The lowest BCUT2D eigenvalue weighted by Gasteiger charge is -2.24. The van der Waals surface area contributed by atoms with Crippen LogP contribution in [-0.4, -0.2) is 30.7 Å². The molecular formula is C21H28N2O2. The smallest absolute Gasteiger partial charge is 0.127 e. The van der Waals surface area contributed by atoms with Gasteiger partial charge in [-0.3, -0.25) is 4.90 Å². The molecule has 4 nitrogen and oxygen atoms in total. The largest absolute Gasteiger partial charge is 0.457 e. The van der Waals surface area contributed by atoms with Crippen molar-refractivity contribution in [2.24, 2.45) is 5.73 Å². The number of fused-ring (bicyclic) bond motifs is 1. The summed E-state index contributed by atoms with van der Waals surface area (Å²) in [6.07, 6.45) is 1.31. The number of rotatable bonds is 8. The fraction of sp³-hybridized carbons (Fsp3) is 0.429. The van der Waals surface area contributed by atoms with E-state index in [1.54, 1.807) is 0 Å². The molecule has 1 aliphatic rings. The Balaban J connectivity index is 1.65. The second-order valence-electron chi connectivity index (χ2n) is 6.77. The quantitative estimate of drug-likeness (QED) is 0.735. The third-order valence-corrected chi connectivity index (χ3v) is 4.53. The summed E-state index contributed by atoms with van der Waals surface area (Å²) in [5.41, 5.74) is 8.72. The molecule has 0 amide bonds. The Morgan fingerprint density at radius 2 is 1.92 bits per heavy atom. The summed E-state index contributed by atoms with van der Waals surface area (Å²) in [7, 11) is 0. The molecule has 1 unspecified atom stereocenters. The highest BCUT2D eigenvalue weighted by molar-refractivity contribution is 5.42. The molecule has 2 N–H and O–H groups in total. The molecule has 1 heterocycles. The Kier molecular flexibility index (Phi) is 6.08. The zero-order chi connectivity index (χ0) is 17.6. The molecule has 134 valence electrons. The van der Waals surface area contributed by atoms with Crippen LogP contribution < -0.4 is 10.5 Å². The van der Waals surface area contributed by atoms with Gasteiger partial charge in [0.05, 0.1) is 6.10 Å². The summed E-state index contributed by atoms with van der Waals surface area (Å²) < 4.78 is 11.6. The average Bonchev–Trinajstić information content (AvgIpc) is 2.96. The first kappa shape index (κ1) is 17.9. The topological polar surface area (TPSA) is 47.7 Å².